The van der Waals surface area contributed by atoms with E-state index < -0.39 is 0 Å². The second-order valence-electron chi connectivity index (χ2n) is 6.92. The number of aliphatic imine (C=N–C) groups is 2. The van der Waals surface area contributed by atoms with Crippen molar-refractivity contribution >= 4 is 24.4 Å². The maximum Gasteiger partial charge on any atom is 0.0781 e. The summed E-state index contributed by atoms with van der Waals surface area (Å²) in [6.07, 6.45) is 20.5. The van der Waals surface area contributed by atoms with Crippen molar-refractivity contribution < 1.29 is 4.74 Å². The predicted octanol–water partition coefficient (Wildman–Crippen LogP) is 16.4. The fourth-order valence-electron chi connectivity index (χ4n) is 0.0962. The van der Waals surface area contributed by atoms with Crippen molar-refractivity contribution in [2.75, 3.05) is 27.0 Å². The Labute approximate surface area is 322 Å². The molecule has 0 N–H and O–H groups in total. The second kappa shape index (κ2) is 216. The van der Waals surface area contributed by atoms with Crippen molar-refractivity contribution in [3.63, 3.8) is 0 Å². The zero-order chi connectivity index (χ0) is 42.6. The smallest absolute Gasteiger partial charge is 0.0781 e. The summed E-state index contributed by atoms with van der Waals surface area (Å²) in [5, 5.41) is 0. The van der Waals surface area contributed by atoms with Crippen LogP contribution in [0.4, 0.5) is 0 Å². The van der Waals surface area contributed by atoms with E-state index in [0.717, 1.165) is 6.61 Å². The normalized spacial score (nSPS) is 8.04. The van der Waals surface area contributed by atoms with Crippen molar-refractivity contribution in [3.8, 4) is 12.3 Å². The van der Waals surface area contributed by atoms with Crippen molar-refractivity contribution in [3.05, 3.63) is 86.6 Å². The minimum Gasteiger partial charge on any atom is -0.373 e. The first-order valence-electron chi connectivity index (χ1n) is 17.0. The van der Waals surface area contributed by atoms with Crippen LogP contribution in [0, 0.1) is 12.3 Å². The largest absolute Gasteiger partial charge is 0.373 e. The third-order valence-electron chi connectivity index (χ3n) is 2.06. The fraction of sp³-hybridized carbons (Fsp3) is 0.600. The van der Waals surface area contributed by atoms with Crippen LogP contribution in [0.3, 0.4) is 0 Å². The average molecular weight is 715 g/mol. The van der Waals surface area contributed by atoms with Crippen molar-refractivity contribution in [1.82, 2.24) is 0 Å². The monoisotopic (exact) mass is 715 g/mol. The van der Waals surface area contributed by atoms with Gasteiger partial charge in [-0.3, -0.25) is 0 Å². The molecule has 1 atom stereocenters. The van der Waals surface area contributed by atoms with E-state index in [2.05, 4.69) is 106 Å². The van der Waals surface area contributed by atoms with Crippen LogP contribution in [0.25, 0.3) is 0 Å². The molecule has 1 unspecified atom stereocenters. The molecule has 1 heterocycles. The van der Waals surface area contributed by atoms with E-state index in [-0.39, 0.29) is 7.43 Å². The van der Waals surface area contributed by atoms with Gasteiger partial charge in [0.1, 0.15) is 0 Å². The van der Waals surface area contributed by atoms with Gasteiger partial charge >= 0.3 is 0 Å². The second-order valence-corrected chi connectivity index (χ2v) is 6.92. The number of hydrogen-bond acceptors (Lipinski definition) is 4. The lowest BCUT2D eigenvalue weighted by molar-refractivity contribution is 0.423. The molecule has 0 bridgehead atoms. The van der Waals surface area contributed by atoms with Gasteiger partial charge in [0.25, 0.3) is 0 Å². The van der Waals surface area contributed by atoms with E-state index in [0.29, 0.717) is 6.10 Å². The van der Waals surface area contributed by atoms with E-state index in [4.69, 9.17) is 4.74 Å². The number of rotatable bonds is 0. The summed E-state index contributed by atoms with van der Waals surface area (Å²) in [4.78, 5) is 6.75. The Kier molecular flexibility index (Phi) is 428. The maximum absolute atomic E-state index is 4.71. The minimum atomic E-state index is 0. The third kappa shape index (κ3) is 2190. The highest BCUT2D eigenvalue weighted by molar-refractivity contribution is 7.79. The molecule has 0 aromatic rings. The molecule has 3 nitrogen and oxygen atoms in total. The molecule has 0 aromatic carbocycles. The Balaban J connectivity index is -0.0000000196. The molecule has 1 aliphatic rings. The number of thiol groups is 1. The third-order valence-corrected chi connectivity index (χ3v) is 2.06. The lowest BCUT2D eigenvalue weighted by Crippen LogP contribution is -1.60. The molecule has 1 fully saturated rings. The molecular weight excluding hydrogens is 617 g/mol. The van der Waals surface area contributed by atoms with Gasteiger partial charge < -0.3 is 4.74 Å². The van der Waals surface area contributed by atoms with E-state index >= 15 is 0 Å². The Bertz CT molecular complexity index is 587. The predicted molar refractivity (Wildman–Crippen MR) is 253 cm³/mol. The lowest BCUT2D eigenvalue weighted by atomic mass is 10.3. The maximum atomic E-state index is 4.71. The van der Waals surface area contributed by atoms with Crippen molar-refractivity contribution in [2.24, 2.45) is 9.98 Å². The van der Waals surface area contributed by atoms with E-state index in [9.17, 15) is 0 Å². The highest BCUT2D eigenvalue weighted by Crippen LogP contribution is 2.04. The summed E-state index contributed by atoms with van der Waals surface area (Å²) in [7, 11) is 3.26. The Hall–Kier alpha value is -2.79. The lowest BCUT2D eigenvalue weighted by Gasteiger charge is -1.74. The molecule has 1 saturated heterocycles. The number of allylic oxidation sites excluding steroid dienone is 9. The Morgan fingerprint density at radius 2 is 0.776 bits per heavy atom. The summed E-state index contributed by atoms with van der Waals surface area (Å²) >= 11 is 3.53. The van der Waals surface area contributed by atoms with Crippen LogP contribution in [0.15, 0.2) is 96.6 Å². The average Bonchev–Trinajstić information content (AvgIpc) is 3.92. The molecule has 1 aliphatic heterocycles. The fourth-order valence-corrected chi connectivity index (χ4v) is 0.0962. The Morgan fingerprint density at radius 3 is 0.776 bits per heavy atom. The highest BCUT2D eigenvalue weighted by atomic mass is 32.1. The van der Waals surface area contributed by atoms with Gasteiger partial charge in [-0.15, -0.1) is 32.1 Å². The first-order chi connectivity index (χ1) is 22.8. The number of epoxide rings is 1. The minimum absolute atomic E-state index is 0. The number of terminal acetylenes is 1. The zero-order valence-electron chi connectivity index (χ0n) is 37.7. The van der Waals surface area contributed by atoms with Gasteiger partial charge in [-0.05, 0) is 121 Å². The van der Waals surface area contributed by atoms with Gasteiger partial charge in [0.05, 0.1) is 12.7 Å². The van der Waals surface area contributed by atoms with Crippen LogP contribution in [0.1, 0.15) is 153 Å². The van der Waals surface area contributed by atoms with Crippen LogP contribution in [0.5, 0.6) is 0 Å². The van der Waals surface area contributed by atoms with Crippen LogP contribution in [0.2, 0.25) is 0 Å². The van der Waals surface area contributed by atoms with E-state index in [1.807, 2.05) is 142 Å². The van der Waals surface area contributed by atoms with Crippen LogP contribution >= 0.6 is 12.6 Å². The number of hydrogen-bond donors (Lipinski definition) is 1. The van der Waals surface area contributed by atoms with Gasteiger partial charge in [-0.25, -0.2) is 9.98 Å². The molecule has 0 radical (unpaired) electrons. The molecule has 300 valence electrons. The zero-order valence-corrected chi connectivity index (χ0v) is 38.6. The number of ether oxygens (including phenoxy) is 1. The van der Waals surface area contributed by atoms with Gasteiger partial charge in [0.15, 0.2) is 0 Å². The summed E-state index contributed by atoms with van der Waals surface area (Å²) in [5.41, 5.74) is 2.55. The SMILES string of the molecule is C.C#CC.C=C(C)C.C=C=NC.C=C=NC.C=CC.C=CC.CC.CC.CC.CC.CC1CO1.CC=C(C)C.CC=CC.CC=CC.CS. The topological polar surface area (TPSA) is 37.2 Å². The van der Waals surface area contributed by atoms with Gasteiger partial charge in [0.2, 0.25) is 0 Å². The molecule has 1 rings (SSSR count). The van der Waals surface area contributed by atoms with Crippen LogP contribution in [-0.4, -0.2) is 44.8 Å². The standard InChI is InChI=1S/C5H10.3C4H8.2C3H5N.C3H6O.2C3H6.C3H4.4C2H6.CH4S.CH4/c1-4-5(2)3;1-4(2)3;4*1-3-4-2;1-3-2-4-3;3*1-3-2;5*1-2;/h4H,1-3H3;1H2,2-3H3;2*3-4H,1-2H3;2*1H2,2H3;3H,2H2,1H3;2*3H,1H2,2H3;1H,2H3;4*1-2H3;2H,1H3;1H4. The van der Waals surface area contributed by atoms with Gasteiger partial charge in [0, 0.05) is 14.1 Å². The van der Waals surface area contributed by atoms with E-state index in [1.165, 1.54) is 11.1 Å². The molecule has 0 aliphatic carbocycles. The van der Waals surface area contributed by atoms with Crippen molar-refractivity contribution in [2.45, 2.75) is 159 Å². The molecule has 4 heteroatoms. The summed E-state index contributed by atoms with van der Waals surface area (Å²) in [6.45, 7) is 59.3. The Morgan fingerprint density at radius 1 is 0.694 bits per heavy atom. The quantitative estimate of drug-likeness (QED) is 0.0876. The molecule has 0 amide bonds. The molecule has 0 spiro atoms. The highest BCUT2D eigenvalue weighted by Gasteiger charge is 2.13. The first-order valence-corrected chi connectivity index (χ1v) is 17.9. The summed E-state index contributed by atoms with van der Waals surface area (Å²) in [6, 6.07) is 0. The van der Waals surface area contributed by atoms with E-state index in [1.54, 1.807) is 39.4 Å². The number of nitrogens with zero attached hydrogens (tertiary/aromatic N) is 2. The molecule has 0 aromatic heterocycles. The summed E-state index contributed by atoms with van der Waals surface area (Å²) < 4.78 is 4.71. The molecule has 49 heavy (non-hydrogen) atoms. The molecular formula is C45H98N2OS. The van der Waals surface area contributed by atoms with Crippen LogP contribution < -0.4 is 0 Å². The van der Waals surface area contributed by atoms with Gasteiger partial charge in [-0.1, -0.05) is 116 Å². The van der Waals surface area contributed by atoms with Crippen LogP contribution in [-0.2, 0) is 4.74 Å². The summed E-state index contributed by atoms with van der Waals surface area (Å²) in [5.74, 6) is 6.86. The first kappa shape index (κ1) is 97.0. The molecule has 0 saturated carbocycles. The van der Waals surface area contributed by atoms with Crippen molar-refractivity contribution in [1.29, 1.82) is 0 Å². The van der Waals surface area contributed by atoms with Gasteiger partial charge in [-0.2, -0.15) is 12.6 Å².